The highest BCUT2D eigenvalue weighted by Gasteiger charge is 2.32. The Labute approximate surface area is 174 Å². The molecule has 0 bridgehead atoms. The van der Waals surface area contributed by atoms with Crippen molar-refractivity contribution in [2.75, 3.05) is 39.4 Å². The van der Waals surface area contributed by atoms with Gasteiger partial charge < -0.3 is 14.4 Å². The number of aryl methyl sites for hydroxylation is 2. The minimum atomic E-state index is -3.68. The van der Waals surface area contributed by atoms with Crippen LogP contribution in [0, 0.1) is 13.8 Å². The van der Waals surface area contributed by atoms with Gasteiger partial charge in [-0.25, -0.2) is 13.4 Å². The minimum Gasteiger partial charge on any atom is -0.490 e. The summed E-state index contributed by atoms with van der Waals surface area (Å²) in [7, 11) is -3.68. The molecule has 1 aromatic heterocycles. The Kier molecular flexibility index (Phi) is 5.50. The van der Waals surface area contributed by atoms with Crippen molar-refractivity contribution in [3.05, 3.63) is 33.8 Å². The van der Waals surface area contributed by atoms with Crippen molar-refractivity contribution in [2.24, 2.45) is 0 Å². The topological polar surface area (TPSA) is 89.0 Å². The quantitative estimate of drug-likeness (QED) is 0.730. The molecule has 2 aliphatic rings. The predicted octanol–water partition coefficient (Wildman–Crippen LogP) is 2.07. The number of hydrogen-bond acceptors (Lipinski definition) is 7. The molecule has 156 valence electrons. The van der Waals surface area contributed by atoms with Gasteiger partial charge in [0.1, 0.15) is 4.88 Å². The molecule has 1 fully saturated rings. The number of aromatic nitrogens is 1. The minimum absolute atomic E-state index is 0.0827. The first-order chi connectivity index (χ1) is 13.9. The Morgan fingerprint density at radius 1 is 1.07 bits per heavy atom. The lowest BCUT2D eigenvalue weighted by Crippen LogP contribution is -2.50. The zero-order valence-electron chi connectivity index (χ0n) is 16.4. The number of thiazole rings is 1. The monoisotopic (exact) mass is 437 g/mol. The Balaban J connectivity index is 1.47. The molecule has 0 N–H and O–H groups in total. The highest BCUT2D eigenvalue weighted by Crippen LogP contribution is 2.33. The number of amides is 1. The fourth-order valence-electron chi connectivity index (χ4n) is 3.46. The second kappa shape index (κ2) is 7.92. The molecule has 1 saturated heterocycles. The maximum absolute atomic E-state index is 13.1. The van der Waals surface area contributed by atoms with Gasteiger partial charge in [0, 0.05) is 38.7 Å². The van der Waals surface area contributed by atoms with Crippen molar-refractivity contribution in [1.29, 1.82) is 0 Å². The molecule has 0 atom stereocenters. The number of fused-ring (bicyclic) bond motifs is 1. The van der Waals surface area contributed by atoms with Crippen LogP contribution in [0.25, 0.3) is 0 Å². The van der Waals surface area contributed by atoms with Crippen LogP contribution < -0.4 is 9.47 Å². The summed E-state index contributed by atoms with van der Waals surface area (Å²) in [4.78, 5) is 19.6. The smallest absolute Gasteiger partial charge is 0.265 e. The van der Waals surface area contributed by atoms with Gasteiger partial charge in [0.2, 0.25) is 10.0 Å². The van der Waals surface area contributed by atoms with Crippen molar-refractivity contribution < 1.29 is 22.7 Å². The molecule has 0 unspecified atom stereocenters. The molecular weight excluding hydrogens is 414 g/mol. The Bertz CT molecular complexity index is 1030. The van der Waals surface area contributed by atoms with Crippen LogP contribution in [0.5, 0.6) is 11.5 Å². The van der Waals surface area contributed by atoms with E-state index in [2.05, 4.69) is 4.98 Å². The first-order valence-corrected chi connectivity index (χ1v) is 11.7. The van der Waals surface area contributed by atoms with E-state index in [-0.39, 0.29) is 23.9 Å². The Morgan fingerprint density at radius 3 is 2.41 bits per heavy atom. The van der Waals surface area contributed by atoms with Gasteiger partial charge in [0.05, 0.1) is 28.8 Å². The van der Waals surface area contributed by atoms with Gasteiger partial charge >= 0.3 is 0 Å². The molecule has 0 radical (unpaired) electrons. The number of hydrogen-bond donors (Lipinski definition) is 0. The molecule has 3 heterocycles. The molecule has 10 heteroatoms. The predicted molar refractivity (Wildman–Crippen MR) is 108 cm³/mol. The molecule has 0 spiro atoms. The summed E-state index contributed by atoms with van der Waals surface area (Å²) < 4.78 is 38.8. The van der Waals surface area contributed by atoms with Gasteiger partial charge in [-0.05, 0) is 26.0 Å². The van der Waals surface area contributed by atoms with Crippen molar-refractivity contribution >= 4 is 27.3 Å². The summed E-state index contributed by atoms with van der Waals surface area (Å²) in [5, 5.41) is 0.849. The van der Waals surface area contributed by atoms with Crippen LogP contribution in [-0.4, -0.2) is 67.9 Å². The maximum atomic E-state index is 13.1. The van der Waals surface area contributed by atoms with E-state index in [0.717, 1.165) is 17.1 Å². The van der Waals surface area contributed by atoms with Crippen molar-refractivity contribution in [3.8, 4) is 11.5 Å². The molecule has 29 heavy (non-hydrogen) atoms. The molecule has 2 aliphatic heterocycles. The van der Waals surface area contributed by atoms with E-state index >= 15 is 0 Å². The number of carbonyl (C=O) groups excluding carboxylic acids is 1. The highest BCUT2D eigenvalue weighted by molar-refractivity contribution is 7.89. The van der Waals surface area contributed by atoms with E-state index in [9.17, 15) is 13.2 Å². The van der Waals surface area contributed by atoms with E-state index in [4.69, 9.17) is 9.47 Å². The average Bonchev–Trinajstić information content (AvgIpc) is 2.91. The third-order valence-corrected chi connectivity index (χ3v) is 7.94. The molecule has 1 aromatic carbocycles. The third-order valence-electron chi connectivity index (χ3n) is 4.98. The standard InChI is InChI=1S/C19H23N3O5S2/c1-13-18(28-14(2)20-13)19(23)21-6-8-22(9-7-21)29(24,25)15-4-5-16-17(12-15)27-11-3-10-26-16/h4-5,12H,3,6-11H2,1-2H3. The maximum Gasteiger partial charge on any atom is 0.265 e. The van der Waals surface area contributed by atoms with Gasteiger partial charge in [-0.1, -0.05) is 0 Å². The second-order valence-electron chi connectivity index (χ2n) is 7.00. The molecule has 8 nitrogen and oxygen atoms in total. The summed E-state index contributed by atoms with van der Waals surface area (Å²) in [6.45, 7) is 5.92. The summed E-state index contributed by atoms with van der Waals surface area (Å²) in [6, 6.07) is 4.71. The number of ether oxygens (including phenoxy) is 2. The Hall–Kier alpha value is -2.17. The van der Waals surface area contributed by atoms with Gasteiger partial charge in [-0.2, -0.15) is 4.31 Å². The van der Waals surface area contributed by atoms with Crippen LogP contribution in [0.1, 0.15) is 26.8 Å². The number of benzene rings is 1. The van der Waals surface area contributed by atoms with Crippen LogP contribution in [0.3, 0.4) is 0 Å². The fourth-order valence-corrected chi connectivity index (χ4v) is 5.78. The van der Waals surface area contributed by atoms with Gasteiger partial charge in [-0.3, -0.25) is 4.79 Å². The summed E-state index contributed by atoms with van der Waals surface area (Å²) >= 11 is 1.37. The number of piperazine rings is 1. The summed E-state index contributed by atoms with van der Waals surface area (Å²) in [5.74, 6) is 0.932. The van der Waals surface area contributed by atoms with Crippen molar-refractivity contribution in [3.63, 3.8) is 0 Å². The first-order valence-electron chi connectivity index (χ1n) is 9.49. The second-order valence-corrected chi connectivity index (χ2v) is 10.1. The zero-order valence-corrected chi connectivity index (χ0v) is 18.0. The van der Waals surface area contributed by atoms with Crippen LogP contribution in [0.2, 0.25) is 0 Å². The number of nitrogens with zero attached hydrogens (tertiary/aromatic N) is 3. The lowest BCUT2D eigenvalue weighted by molar-refractivity contribution is 0.0702. The molecule has 0 saturated carbocycles. The van der Waals surface area contributed by atoms with Crippen molar-refractivity contribution in [2.45, 2.75) is 25.2 Å². The molecular formula is C19H23N3O5S2. The van der Waals surface area contributed by atoms with Gasteiger partial charge in [0.25, 0.3) is 5.91 Å². The average molecular weight is 438 g/mol. The number of rotatable bonds is 3. The van der Waals surface area contributed by atoms with Crippen LogP contribution in [0.4, 0.5) is 0 Å². The third kappa shape index (κ3) is 3.96. The largest absolute Gasteiger partial charge is 0.490 e. The van der Waals surface area contributed by atoms with E-state index < -0.39 is 10.0 Å². The molecule has 4 rings (SSSR count). The van der Waals surface area contributed by atoms with Crippen LogP contribution in [-0.2, 0) is 10.0 Å². The fraction of sp³-hybridized carbons (Fsp3) is 0.474. The lowest BCUT2D eigenvalue weighted by atomic mass is 10.3. The van der Waals surface area contributed by atoms with E-state index in [1.165, 1.54) is 21.7 Å². The summed E-state index contributed by atoms with van der Waals surface area (Å²) in [6.07, 6.45) is 0.755. The molecule has 2 aromatic rings. The van der Waals surface area contributed by atoms with E-state index in [1.54, 1.807) is 17.0 Å². The van der Waals surface area contributed by atoms with E-state index in [1.807, 2.05) is 13.8 Å². The highest BCUT2D eigenvalue weighted by atomic mass is 32.2. The lowest BCUT2D eigenvalue weighted by Gasteiger charge is -2.33. The van der Waals surface area contributed by atoms with Crippen molar-refractivity contribution in [1.82, 2.24) is 14.2 Å². The van der Waals surface area contributed by atoms with Gasteiger partial charge in [-0.15, -0.1) is 11.3 Å². The van der Waals surface area contributed by atoms with Gasteiger partial charge in [0.15, 0.2) is 11.5 Å². The van der Waals surface area contributed by atoms with E-state index in [0.29, 0.717) is 42.7 Å². The first kappa shape index (κ1) is 20.1. The molecule has 1 amide bonds. The number of sulfonamides is 1. The normalized spacial score (nSPS) is 17.8. The zero-order chi connectivity index (χ0) is 20.6. The summed E-state index contributed by atoms with van der Waals surface area (Å²) in [5.41, 5.74) is 0.722. The van der Waals surface area contributed by atoms with Crippen LogP contribution >= 0.6 is 11.3 Å². The Morgan fingerprint density at radius 2 is 1.76 bits per heavy atom. The SMILES string of the molecule is Cc1nc(C)c(C(=O)N2CCN(S(=O)(=O)c3ccc4c(c3)OCCCO4)CC2)s1. The van der Waals surface area contributed by atoms with Crippen LogP contribution in [0.15, 0.2) is 23.1 Å². The molecule has 0 aliphatic carbocycles. The number of carbonyl (C=O) groups is 1.